The van der Waals surface area contributed by atoms with Crippen molar-refractivity contribution in [2.75, 3.05) is 20.6 Å². The van der Waals surface area contributed by atoms with Gasteiger partial charge in [-0.05, 0) is 42.8 Å². The van der Waals surface area contributed by atoms with E-state index in [1.165, 1.54) is 24.5 Å². The lowest BCUT2D eigenvalue weighted by Gasteiger charge is -2.12. The number of nitrogens with two attached hydrogens (primary N) is 1. The minimum atomic E-state index is -3.57. The van der Waals surface area contributed by atoms with Crippen molar-refractivity contribution in [3.63, 3.8) is 0 Å². The number of hydrogen-bond acceptors (Lipinski definition) is 4. The number of aromatic nitrogens is 2. The van der Waals surface area contributed by atoms with Crippen molar-refractivity contribution >= 4 is 45.9 Å². The zero-order valence-corrected chi connectivity index (χ0v) is 19.3. The third-order valence-corrected chi connectivity index (χ3v) is 6.44. The summed E-state index contributed by atoms with van der Waals surface area (Å²) < 4.78 is 42.2. The van der Waals surface area contributed by atoms with E-state index in [0.717, 1.165) is 22.2 Å². The Morgan fingerprint density at radius 1 is 1.23 bits per heavy atom. The topological polar surface area (TPSA) is 81.2 Å². The Balaban J connectivity index is 0.00000225. The highest BCUT2D eigenvalue weighted by Crippen LogP contribution is 2.35. The molecular formula is C20H25Cl2FN4O2S. The number of nitrogens with zero attached hydrogens (tertiary/aromatic N) is 3. The van der Waals surface area contributed by atoms with Crippen LogP contribution >= 0.6 is 24.8 Å². The van der Waals surface area contributed by atoms with Gasteiger partial charge in [0, 0.05) is 43.5 Å². The quantitative estimate of drug-likeness (QED) is 0.586. The second kappa shape index (κ2) is 10.4. The molecule has 2 aromatic heterocycles. The maximum Gasteiger partial charge on any atom is 0.242 e. The average Bonchev–Trinajstić information content (AvgIpc) is 2.94. The van der Waals surface area contributed by atoms with E-state index in [0.29, 0.717) is 5.65 Å². The van der Waals surface area contributed by atoms with Crippen LogP contribution < -0.4 is 5.73 Å². The molecule has 30 heavy (non-hydrogen) atoms. The smallest absolute Gasteiger partial charge is 0.242 e. The Kier molecular flexibility index (Phi) is 9.01. The van der Waals surface area contributed by atoms with E-state index in [9.17, 15) is 12.8 Å². The molecule has 2 N–H and O–H groups in total. The van der Waals surface area contributed by atoms with Crippen LogP contribution in [0.3, 0.4) is 0 Å². The highest BCUT2D eigenvalue weighted by Gasteiger charge is 2.21. The summed E-state index contributed by atoms with van der Waals surface area (Å²) in [6, 6.07) is 10.5. The molecule has 0 saturated carbocycles. The molecular weight excluding hydrogens is 450 g/mol. The number of halogens is 3. The number of fused-ring (bicyclic) bond motifs is 1. The van der Waals surface area contributed by atoms with Gasteiger partial charge in [0.05, 0.1) is 11.4 Å². The van der Waals surface area contributed by atoms with Gasteiger partial charge in [0.1, 0.15) is 11.5 Å². The average molecular weight is 475 g/mol. The van der Waals surface area contributed by atoms with Gasteiger partial charge in [0.2, 0.25) is 10.0 Å². The van der Waals surface area contributed by atoms with Gasteiger partial charge in [-0.1, -0.05) is 12.1 Å². The number of pyridine rings is 1. The summed E-state index contributed by atoms with van der Waals surface area (Å²) in [6.45, 7) is 2.01. The Morgan fingerprint density at radius 2 is 1.93 bits per heavy atom. The molecule has 10 heteroatoms. The van der Waals surface area contributed by atoms with Crippen LogP contribution in [0.25, 0.3) is 22.2 Å². The fraction of sp³-hybridized carbons (Fsp3) is 0.250. The first-order valence-corrected chi connectivity index (χ1v) is 10.2. The normalized spacial score (nSPS) is 12.0. The molecule has 0 bridgehead atoms. The molecule has 0 spiro atoms. The van der Waals surface area contributed by atoms with Crippen molar-refractivity contribution in [3.05, 3.63) is 60.2 Å². The zero-order valence-electron chi connectivity index (χ0n) is 16.9. The Morgan fingerprint density at radius 3 is 2.57 bits per heavy atom. The highest BCUT2D eigenvalue weighted by molar-refractivity contribution is 7.89. The van der Waals surface area contributed by atoms with Crippen LogP contribution in [0.5, 0.6) is 0 Å². The maximum absolute atomic E-state index is 14.2. The summed E-state index contributed by atoms with van der Waals surface area (Å²) >= 11 is 0. The fourth-order valence-corrected chi connectivity index (χ4v) is 4.17. The molecule has 0 unspecified atom stereocenters. The molecule has 0 aliphatic carbocycles. The minimum Gasteiger partial charge on any atom is -0.327 e. The lowest BCUT2D eigenvalue weighted by molar-refractivity contribution is 0.521. The van der Waals surface area contributed by atoms with Crippen molar-refractivity contribution in [3.8, 4) is 11.1 Å². The van der Waals surface area contributed by atoms with E-state index in [1.807, 2.05) is 25.1 Å². The molecule has 0 radical (unpaired) electrons. The van der Waals surface area contributed by atoms with Crippen molar-refractivity contribution in [1.29, 1.82) is 0 Å². The van der Waals surface area contributed by atoms with Crippen LogP contribution in [0.15, 0.2) is 59.4 Å². The lowest BCUT2D eigenvalue weighted by Crippen LogP contribution is -2.22. The molecule has 0 amide bonds. The van der Waals surface area contributed by atoms with Crippen molar-refractivity contribution in [2.45, 2.75) is 18.4 Å². The SMILES string of the molecule is Cc1c(-c2cccc(S(=O)(=O)N(C)C)c2)c2cccnc2n1C/C(F)=C/CN.Cl.Cl. The van der Waals surface area contributed by atoms with Gasteiger partial charge >= 0.3 is 0 Å². The summed E-state index contributed by atoms with van der Waals surface area (Å²) in [6.07, 6.45) is 2.98. The third-order valence-electron chi connectivity index (χ3n) is 4.63. The van der Waals surface area contributed by atoms with E-state index in [1.54, 1.807) is 29.0 Å². The minimum absolute atomic E-state index is 0. The first-order chi connectivity index (χ1) is 13.3. The molecule has 1 aromatic carbocycles. The highest BCUT2D eigenvalue weighted by atomic mass is 35.5. The molecule has 0 aliphatic rings. The van der Waals surface area contributed by atoms with Crippen molar-refractivity contribution in [1.82, 2.24) is 13.9 Å². The van der Waals surface area contributed by atoms with Gasteiger partial charge in [-0.2, -0.15) is 0 Å². The van der Waals surface area contributed by atoms with Gasteiger partial charge in [-0.3, -0.25) is 0 Å². The summed E-state index contributed by atoms with van der Waals surface area (Å²) in [5, 5.41) is 0.833. The number of benzene rings is 1. The summed E-state index contributed by atoms with van der Waals surface area (Å²) in [7, 11) is -0.574. The van der Waals surface area contributed by atoms with Gasteiger partial charge in [-0.15, -0.1) is 24.8 Å². The van der Waals surface area contributed by atoms with Crippen LogP contribution in [0.2, 0.25) is 0 Å². The molecule has 0 saturated heterocycles. The fourth-order valence-electron chi connectivity index (χ4n) is 3.22. The maximum atomic E-state index is 14.2. The molecule has 3 aromatic rings. The molecule has 2 heterocycles. The molecule has 6 nitrogen and oxygen atoms in total. The predicted octanol–water partition coefficient (Wildman–Crippen LogP) is 3.92. The largest absolute Gasteiger partial charge is 0.327 e. The number of rotatable bonds is 6. The van der Waals surface area contributed by atoms with Gasteiger partial charge < -0.3 is 10.3 Å². The van der Waals surface area contributed by atoms with Crippen molar-refractivity contribution in [2.24, 2.45) is 5.73 Å². The second-order valence-electron chi connectivity index (χ2n) is 6.62. The van der Waals surface area contributed by atoms with E-state index in [-0.39, 0.29) is 48.6 Å². The van der Waals surface area contributed by atoms with Gasteiger partial charge in [-0.25, -0.2) is 22.1 Å². The van der Waals surface area contributed by atoms with Crippen LogP contribution in [0.1, 0.15) is 5.69 Å². The summed E-state index contributed by atoms with van der Waals surface area (Å²) in [5.41, 5.74) is 8.41. The van der Waals surface area contributed by atoms with E-state index in [2.05, 4.69) is 4.98 Å². The molecule has 0 fully saturated rings. The van der Waals surface area contributed by atoms with Crippen LogP contribution in [0.4, 0.5) is 4.39 Å². The van der Waals surface area contributed by atoms with Gasteiger partial charge in [0.25, 0.3) is 0 Å². The second-order valence-corrected chi connectivity index (χ2v) is 8.77. The van der Waals surface area contributed by atoms with Gasteiger partial charge in [0.15, 0.2) is 0 Å². The molecule has 0 aliphatic heterocycles. The zero-order chi connectivity index (χ0) is 20.5. The first-order valence-electron chi connectivity index (χ1n) is 8.78. The van der Waals surface area contributed by atoms with Crippen LogP contribution in [0, 0.1) is 6.92 Å². The Bertz CT molecular complexity index is 1160. The standard InChI is InChI=1S/C20H23FN4O2S.2ClH/c1-14-19(15-6-4-7-17(12-15)28(26,27)24(2)3)18-8-5-11-23-20(18)25(14)13-16(21)9-10-22;;/h4-9,11-12H,10,13,22H2,1-3H3;2*1H/b16-9-;;. The predicted molar refractivity (Wildman–Crippen MR) is 124 cm³/mol. The molecule has 3 rings (SSSR count). The molecule has 164 valence electrons. The van der Waals surface area contributed by atoms with Crippen LogP contribution in [-0.4, -0.2) is 42.9 Å². The Labute approximate surface area is 188 Å². The first kappa shape index (κ1) is 26.1. The van der Waals surface area contributed by atoms with E-state index >= 15 is 0 Å². The lowest BCUT2D eigenvalue weighted by atomic mass is 10.0. The molecule has 0 atom stereocenters. The van der Waals surface area contributed by atoms with Crippen molar-refractivity contribution < 1.29 is 12.8 Å². The van der Waals surface area contributed by atoms with E-state index < -0.39 is 10.0 Å². The summed E-state index contributed by atoms with van der Waals surface area (Å²) in [4.78, 5) is 4.61. The van der Waals surface area contributed by atoms with Crippen LogP contribution in [-0.2, 0) is 16.6 Å². The van der Waals surface area contributed by atoms with E-state index in [4.69, 9.17) is 5.73 Å². The Hall–Kier alpha value is -1.97. The summed E-state index contributed by atoms with van der Waals surface area (Å²) in [5.74, 6) is -0.344. The monoisotopic (exact) mass is 474 g/mol. The number of hydrogen-bond donors (Lipinski definition) is 1. The number of sulfonamides is 1. The number of allylic oxidation sites excluding steroid dienone is 1. The third kappa shape index (κ3) is 4.84.